The van der Waals surface area contributed by atoms with Crippen LogP contribution in [0, 0.1) is 0 Å². The maximum Gasteiger partial charge on any atom is 0.305 e. The van der Waals surface area contributed by atoms with Crippen LogP contribution in [0.15, 0.2) is 29.2 Å². The van der Waals surface area contributed by atoms with E-state index in [9.17, 15) is 13.2 Å². The highest BCUT2D eigenvalue weighted by Crippen LogP contribution is 2.14. The zero-order valence-electron chi connectivity index (χ0n) is 10.7. The van der Waals surface area contributed by atoms with Gasteiger partial charge in [0.25, 0.3) is 0 Å². The Balaban J connectivity index is 2.71. The highest BCUT2D eigenvalue weighted by molar-refractivity contribution is 7.91. The van der Waals surface area contributed by atoms with Crippen LogP contribution in [0.2, 0.25) is 0 Å². The summed E-state index contributed by atoms with van der Waals surface area (Å²) in [5, 5.41) is 0. The maximum absolute atomic E-state index is 11.8. The van der Waals surface area contributed by atoms with E-state index in [1.807, 2.05) is 6.92 Å². The molecule has 0 saturated carbocycles. The molecule has 5 heteroatoms. The van der Waals surface area contributed by atoms with Crippen molar-refractivity contribution >= 4 is 15.8 Å². The van der Waals surface area contributed by atoms with E-state index in [1.54, 1.807) is 24.3 Å². The molecule has 0 amide bonds. The molecule has 0 spiro atoms. The van der Waals surface area contributed by atoms with E-state index >= 15 is 0 Å². The van der Waals surface area contributed by atoms with Gasteiger partial charge in [0.05, 0.1) is 17.8 Å². The van der Waals surface area contributed by atoms with E-state index in [0.29, 0.717) is 24.2 Å². The average molecular weight is 270 g/mol. The fourth-order valence-electron chi connectivity index (χ4n) is 1.60. The Labute approximate surface area is 108 Å². The molecule has 0 radical (unpaired) electrons. The lowest BCUT2D eigenvalue weighted by atomic mass is 10.1. The molecule has 0 aliphatic rings. The summed E-state index contributed by atoms with van der Waals surface area (Å²) in [5.74, 6) is -0.105. The van der Waals surface area contributed by atoms with Gasteiger partial charge < -0.3 is 4.74 Å². The van der Waals surface area contributed by atoms with Crippen LogP contribution in [-0.4, -0.2) is 27.2 Å². The summed E-state index contributed by atoms with van der Waals surface area (Å²) < 4.78 is 28.1. The lowest BCUT2D eigenvalue weighted by molar-refractivity contribution is -0.140. The molecule has 0 aliphatic heterocycles. The van der Waals surface area contributed by atoms with Crippen LogP contribution in [0.4, 0.5) is 0 Å². The van der Waals surface area contributed by atoms with Crippen LogP contribution in [0.25, 0.3) is 0 Å². The third kappa shape index (κ3) is 4.14. The summed E-state index contributed by atoms with van der Waals surface area (Å²) in [7, 11) is -1.80. The van der Waals surface area contributed by atoms with Crippen LogP contribution < -0.4 is 0 Å². The molecule has 0 saturated heterocycles. The Morgan fingerprint density at radius 3 is 2.33 bits per heavy atom. The lowest BCUT2D eigenvalue weighted by Gasteiger charge is -2.04. The van der Waals surface area contributed by atoms with Crippen molar-refractivity contribution in [1.29, 1.82) is 0 Å². The third-order valence-corrected chi connectivity index (χ3v) is 4.54. The minimum atomic E-state index is -3.15. The van der Waals surface area contributed by atoms with Crippen molar-refractivity contribution in [2.24, 2.45) is 0 Å². The summed E-state index contributed by atoms with van der Waals surface area (Å²) in [6.07, 6.45) is 1.46. The van der Waals surface area contributed by atoms with Crippen LogP contribution in [0.3, 0.4) is 0 Å². The van der Waals surface area contributed by atoms with E-state index < -0.39 is 9.84 Å². The summed E-state index contributed by atoms with van der Waals surface area (Å²) in [5.41, 5.74) is 0.927. The molecule has 1 rings (SSSR count). The molecule has 100 valence electrons. The van der Waals surface area contributed by atoms with Crippen molar-refractivity contribution in [3.05, 3.63) is 29.8 Å². The molecular weight excluding hydrogens is 252 g/mol. The number of benzene rings is 1. The average Bonchev–Trinajstić information content (AvgIpc) is 2.36. The fourth-order valence-corrected chi connectivity index (χ4v) is 2.92. The fraction of sp³-hybridized carbons (Fsp3) is 0.462. The molecule has 0 atom stereocenters. The topological polar surface area (TPSA) is 60.4 Å². The molecule has 0 unspecified atom stereocenters. The number of rotatable bonds is 6. The predicted molar refractivity (Wildman–Crippen MR) is 69.1 cm³/mol. The number of ether oxygens (including phenoxy) is 1. The summed E-state index contributed by atoms with van der Waals surface area (Å²) in [6, 6.07) is 6.67. The van der Waals surface area contributed by atoms with Crippen LogP contribution in [0.5, 0.6) is 0 Å². The number of sulfone groups is 1. The van der Waals surface area contributed by atoms with Gasteiger partial charge in [-0.05, 0) is 30.5 Å². The first kappa shape index (κ1) is 14.7. The SMILES string of the molecule is CCCS(=O)(=O)c1ccc(CCC(=O)OC)cc1. The van der Waals surface area contributed by atoms with Crippen LogP contribution in [-0.2, 0) is 25.8 Å². The van der Waals surface area contributed by atoms with E-state index in [1.165, 1.54) is 7.11 Å². The van der Waals surface area contributed by atoms with Gasteiger partial charge in [-0.15, -0.1) is 0 Å². The van der Waals surface area contributed by atoms with Crippen LogP contribution >= 0.6 is 0 Å². The molecular formula is C13H18O4S. The Bertz CT molecular complexity index is 488. The molecule has 0 aromatic heterocycles. The summed E-state index contributed by atoms with van der Waals surface area (Å²) in [6.45, 7) is 1.84. The first-order valence-electron chi connectivity index (χ1n) is 5.88. The number of hydrogen-bond acceptors (Lipinski definition) is 4. The van der Waals surface area contributed by atoms with Gasteiger partial charge in [0.1, 0.15) is 0 Å². The Hall–Kier alpha value is -1.36. The first-order chi connectivity index (χ1) is 8.49. The van der Waals surface area contributed by atoms with Gasteiger partial charge in [0.15, 0.2) is 9.84 Å². The van der Waals surface area contributed by atoms with E-state index in [2.05, 4.69) is 4.74 Å². The highest BCUT2D eigenvalue weighted by Gasteiger charge is 2.12. The van der Waals surface area contributed by atoms with Gasteiger partial charge in [0, 0.05) is 6.42 Å². The van der Waals surface area contributed by atoms with Gasteiger partial charge in [-0.1, -0.05) is 19.1 Å². The van der Waals surface area contributed by atoms with Crippen molar-refractivity contribution in [3.63, 3.8) is 0 Å². The number of aryl methyl sites for hydroxylation is 1. The standard InChI is InChI=1S/C13H18O4S/c1-3-10-18(15,16)12-7-4-11(5-8-12)6-9-13(14)17-2/h4-5,7-8H,3,6,9-10H2,1-2H3. The minimum absolute atomic E-state index is 0.161. The van der Waals surface area contributed by atoms with Crippen molar-refractivity contribution in [1.82, 2.24) is 0 Å². The number of carbonyl (C=O) groups excluding carboxylic acids is 1. The van der Waals surface area contributed by atoms with Crippen molar-refractivity contribution in [2.75, 3.05) is 12.9 Å². The number of esters is 1. The lowest BCUT2D eigenvalue weighted by Crippen LogP contribution is -2.06. The second-order valence-corrected chi connectivity index (χ2v) is 6.15. The second-order valence-electron chi connectivity index (χ2n) is 4.04. The number of methoxy groups -OCH3 is 1. The Kier molecular flexibility index (Phi) is 5.34. The molecule has 18 heavy (non-hydrogen) atoms. The zero-order chi connectivity index (χ0) is 13.6. The minimum Gasteiger partial charge on any atom is -0.469 e. The summed E-state index contributed by atoms with van der Waals surface area (Å²) in [4.78, 5) is 11.3. The molecule has 0 heterocycles. The van der Waals surface area contributed by atoms with Crippen molar-refractivity contribution in [2.45, 2.75) is 31.1 Å². The van der Waals surface area contributed by atoms with Gasteiger partial charge in [-0.3, -0.25) is 4.79 Å². The third-order valence-electron chi connectivity index (χ3n) is 2.60. The van der Waals surface area contributed by atoms with Gasteiger partial charge in [-0.2, -0.15) is 0 Å². The Morgan fingerprint density at radius 1 is 1.22 bits per heavy atom. The van der Waals surface area contributed by atoms with Crippen molar-refractivity contribution < 1.29 is 17.9 Å². The molecule has 4 nitrogen and oxygen atoms in total. The van der Waals surface area contributed by atoms with Gasteiger partial charge in [0.2, 0.25) is 0 Å². The molecule has 0 fully saturated rings. The normalized spacial score (nSPS) is 11.2. The monoisotopic (exact) mass is 270 g/mol. The second kappa shape index (κ2) is 6.54. The highest BCUT2D eigenvalue weighted by atomic mass is 32.2. The Morgan fingerprint density at radius 2 is 1.83 bits per heavy atom. The number of carbonyl (C=O) groups is 1. The molecule has 1 aromatic rings. The maximum atomic E-state index is 11.8. The number of hydrogen-bond donors (Lipinski definition) is 0. The molecule has 1 aromatic carbocycles. The molecule has 0 aliphatic carbocycles. The first-order valence-corrected chi connectivity index (χ1v) is 7.53. The zero-order valence-corrected chi connectivity index (χ0v) is 11.5. The molecule has 0 N–H and O–H groups in total. The predicted octanol–water partition coefficient (Wildman–Crippen LogP) is 1.98. The summed E-state index contributed by atoms with van der Waals surface area (Å²) >= 11 is 0. The quantitative estimate of drug-likeness (QED) is 0.742. The van der Waals surface area contributed by atoms with E-state index in [0.717, 1.165) is 5.56 Å². The van der Waals surface area contributed by atoms with E-state index in [4.69, 9.17) is 0 Å². The van der Waals surface area contributed by atoms with E-state index in [-0.39, 0.29) is 11.7 Å². The largest absolute Gasteiger partial charge is 0.469 e. The molecule has 0 bridgehead atoms. The van der Waals surface area contributed by atoms with Gasteiger partial charge >= 0.3 is 5.97 Å². The van der Waals surface area contributed by atoms with Crippen LogP contribution in [0.1, 0.15) is 25.3 Å². The smallest absolute Gasteiger partial charge is 0.305 e. The van der Waals surface area contributed by atoms with Gasteiger partial charge in [-0.25, -0.2) is 8.42 Å². The van der Waals surface area contributed by atoms with Crippen molar-refractivity contribution in [3.8, 4) is 0 Å².